The van der Waals surface area contributed by atoms with Gasteiger partial charge in [0.2, 0.25) is 0 Å². The van der Waals surface area contributed by atoms with Crippen LogP contribution < -0.4 is 15.4 Å². The van der Waals surface area contributed by atoms with Crippen molar-refractivity contribution in [3.63, 3.8) is 0 Å². The standard InChI is InChI=1S/C36H55N3O8/c1-22-13-12-14-23(2)35(41)38-29-19-28(20-30(21-29)47-36(42)39(8)16-15-37-7)33(44-10)26(5)18-31(43-9)34(45-11)25(4)17-24(3)32(22)46-27(6)40/h12-14,17,19-22,25-26,31-34,37H,15-16,18H2,1-11H3,(H,38,41)/b13-12-,23-14+,24-17+/t22-,25?,26-,31-,32+,33+,34+/m0/s1. The normalized spacial score (nSPS) is 29.0. The number of anilines is 1. The summed E-state index contributed by atoms with van der Waals surface area (Å²) in [4.78, 5) is 39.7. The molecule has 1 aliphatic heterocycles. The van der Waals surface area contributed by atoms with Gasteiger partial charge in [-0.2, -0.15) is 0 Å². The second-order valence-electron chi connectivity index (χ2n) is 12.4. The van der Waals surface area contributed by atoms with E-state index < -0.39 is 18.3 Å². The third-order valence-corrected chi connectivity index (χ3v) is 8.43. The number of rotatable bonds is 8. The predicted molar refractivity (Wildman–Crippen MR) is 183 cm³/mol. The van der Waals surface area contributed by atoms with Gasteiger partial charge in [0, 0.05) is 77.6 Å². The van der Waals surface area contributed by atoms with Crippen LogP contribution >= 0.6 is 0 Å². The molecule has 11 nitrogen and oxygen atoms in total. The Balaban J connectivity index is 2.66. The van der Waals surface area contributed by atoms with Gasteiger partial charge in [-0.15, -0.1) is 0 Å². The highest BCUT2D eigenvalue weighted by molar-refractivity contribution is 6.03. The molecule has 7 atom stereocenters. The maximum atomic E-state index is 13.3. The minimum absolute atomic E-state index is 0.0885. The summed E-state index contributed by atoms with van der Waals surface area (Å²) in [7, 11) is 8.42. The van der Waals surface area contributed by atoms with Gasteiger partial charge in [-0.05, 0) is 56.5 Å². The van der Waals surface area contributed by atoms with E-state index in [1.54, 1.807) is 59.6 Å². The molecular weight excluding hydrogens is 602 g/mol. The maximum Gasteiger partial charge on any atom is 0.415 e. The van der Waals surface area contributed by atoms with Gasteiger partial charge in [0.05, 0.1) is 18.3 Å². The van der Waals surface area contributed by atoms with Crippen LogP contribution in [0.3, 0.4) is 0 Å². The van der Waals surface area contributed by atoms with Gasteiger partial charge in [0.1, 0.15) is 11.9 Å². The monoisotopic (exact) mass is 657 g/mol. The zero-order chi connectivity index (χ0) is 35.3. The molecule has 0 saturated heterocycles. The average molecular weight is 658 g/mol. The number of methoxy groups -OCH3 is 3. The SMILES string of the molecule is CNCCN(C)C(=O)Oc1cc2cc(c1)[C@H](OC)[C@@H](C)C[C@H](OC)[C@H](OC)C(C)/C=C(\C)[C@H](OC(C)=O)[C@@H](C)/C=C\C=C(/C)C(=O)N2. The van der Waals surface area contributed by atoms with Crippen molar-refractivity contribution in [2.75, 3.05) is 53.8 Å². The van der Waals surface area contributed by atoms with E-state index in [1.807, 2.05) is 33.0 Å². The van der Waals surface area contributed by atoms with Gasteiger partial charge in [-0.3, -0.25) is 9.59 Å². The molecule has 11 heteroatoms. The third-order valence-electron chi connectivity index (χ3n) is 8.43. The molecule has 1 heterocycles. The number of carbonyl (C=O) groups excluding carboxylic acids is 3. The van der Waals surface area contributed by atoms with Gasteiger partial charge in [0.25, 0.3) is 5.91 Å². The fourth-order valence-electron chi connectivity index (χ4n) is 5.90. The Morgan fingerprint density at radius 1 is 1.00 bits per heavy atom. The van der Waals surface area contributed by atoms with Crippen molar-refractivity contribution in [2.45, 2.75) is 72.4 Å². The van der Waals surface area contributed by atoms with Crippen LogP contribution in [0, 0.1) is 17.8 Å². The molecule has 1 aromatic rings. The first-order valence-electron chi connectivity index (χ1n) is 16.1. The van der Waals surface area contributed by atoms with Crippen LogP contribution in [0.1, 0.15) is 59.6 Å². The van der Waals surface area contributed by atoms with Crippen molar-refractivity contribution in [1.82, 2.24) is 10.2 Å². The molecule has 1 unspecified atom stereocenters. The number of allylic oxidation sites excluding steroid dienone is 2. The summed E-state index contributed by atoms with van der Waals surface area (Å²) in [5, 5.41) is 5.96. The largest absolute Gasteiger partial charge is 0.457 e. The molecule has 0 fully saturated rings. The topological polar surface area (TPSA) is 125 Å². The van der Waals surface area contributed by atoms with Crippen molar-refractivity contribution < 1.29 is 38.1 Å². The maximum absolute atomic E-state index is 13.3. The molecule has 0 spiro atoms. The fourth-order valence-corrected chi connectivity index (χ4v) is 5.90. The van der Waals surface area contributed by atoms with Crippen LogP contribution in [0.5, 0.6) is 5.75 Å². The number of nitrogens with one attached hydrogen (secondary N) is 2. The summed E-state index contributed by atoms with van der Waals surface area (Å²) in [6.07, 6.45) is 5.92. The van der Waals surface area contributed by atoms with Crippen molar-refractivity contribution in [3.8, 4) is 5.75 Å². The van der Waals surface area contributed by atoms with E-state index in [0.717, 1.165) is 11.1 Å². The van der Waals surface area contributed by atoms with Crippen LogP contribution in [-0.2, 0) is 28.5 Å². The lowest BCUT2D eigenvalue weighted by atomic mass is 9.86. The van der Waals surface area contributed by atoms with Crippen LogP contribution in [0.4, 0.5) is 10.5 Å². The van der Waals surface area contributed by atoms with Crippen molar-refractivity contribution in [2.24, 2.45) is 17.8 Å². The van der Waals surface area contributed by atoms with E-state index in [9.17, 15) is 14.4 Å². The number of fused-ring (bicyclic) bond motifs is 2. The number of likely N-dealkylation sites (N-methyl/N-ethyl adjacent to an activating group) is 2. The molecule has 1 aromatic carbocycles. The number of esters is 1. The minimum Gasteiger partial charge on any atom is -0.457 e. The molecule has 2 rings (SSSR count). The van der Waals surface area contributed by atoms with Crippen LogP contribution in [0.2, 0.25) is 0 Å². The van der Waals surface area contributed by atoms with E-state index in [0.29, 0.717) is 30.8 Å². The van der Waals surface area contributed by atoms with Gasteiger partial charge in [-0.25, -0.2) is 4.79 Å². The highest BCUT2D eigenvalue weighted by Gasteiger charge is 2.32. The second kappa shape index (κ2) is 19.3. The minimum atomic E-state index is -0.524. The highest BCUT2D eigenvalue weighted by Crippen LogP contribution is 2.35. The van der Waals surface area contributed by atoms with E-state index >= 15 is 0 Å². The van der Waals surface area contributed by atoms with Crippen molar-refractivity contribution in [1.29, 1.82) is 0 Å². The van der Waals surface area contributed by atoms with E-state index in [2.05, 4.69) is 30.6 Å². The third kappa shape index (κ3) is 11.9. The summed E-state index contributed by atoms with van der Waals surface area (Å²) >= 11 is 0. The molecule has 0 radical (unpaired) electrons. The smallest absolute Gasteiger partial charge is 0.415 e. The van der Waals surface area contributed by atoms with E-state index in [1.165, 1.54) is 11.8 Å². The van der Waals surface area contributed by atoms with Gasteiger partial charge < -0.3 is 39.2 Å². The second-order valence-corrected chi connectivity index (χ2v) is 12.4. The van der Waals surface area contributed by atoms with Crippen LogP contribution in [-0.4, -0.2) is 89.7 Å². The Kier molecular flexibility index (Phi) is 16.3. The Hall–Kier alpha value is -3.51. The summed E-state index contributed by atoms with van der Waals surface area (Å²) < 4.78 is 29.5. The molecule has 2 bridgehead atoms. The number of carbonyl (C=O) groups is 3. The fraction of sp³-hybridized carbons (Fsp3) is 0.583. The Labute approximate surface area is 280 Å². The Bertz CT molecular complexity index is 1290. The van der Waals surface area contributed by atoms with Gasteiger partial charge >= 0.3 is 12.1 Å². The number of hydrogen-bond acceptors (Lipinski definition) is 9. The number of hydrogen-bond donors (Lipinski definition) is 2. The van der Waals surface area contributed by atoms with Crippen LogP contribution in [0.15, 0.2) is 53.6 Å². The molecular formula is C36H55N3O8. The zero-order valence-corrected chi connectivity index (χ0v) is 29.9. The Morgan fingerprint density at radius 3 is 2.30 bits per heavy atom. The molecule has 2 amide bonds. The first-order valence-corrected chi connectivity index (χ1v) is 16.1. The summed E-state index contributed by atoms with van der Waals surface area (Å²) in [5.41, 5.74) is 2.51. The van der Waals surface area contributed by atoms with Crippen molar-refractivity contribution in [3.05, 3.63) is 59.2 Å². The lowest BCUT2D eigenvalue weighted by molar-refractivity contribution is -0.146. The number of benzene rings is 1. The molecule has 262 valence electrons. The first kappa shape index (κ1) is 39.7. The molecule has 0 aliphatic carbocycles. The number of nitrogens with zero attached hydrogens (tertiary/aromatic N) is 1. The summed E-state index contributed by atoms with van der Waals surface area (Å²) in [5.74, 6) is -0.792. The Morgan fingerprint density at radius 2 is 1.70 bits per heavy atom. The van der Waals surface area contributed by atoms with E-state index in [4.69, 9.17) is 23.7 Å². The quantitative estimate of drug-likeness (QED) is 0.268. The summed E-state index contributed by atoms with van der Waals surface area (Å²) in [6, 6.07) is 5.21. The van der Waals surface area contributed by atoms with Crippen LogP contribution in [0.25, 0.3) is 0 Å². The van der Waals surface area contributed by atoms with Gasteiger partial charge in [0.15, 0.2) is 0 Å². The molecule has 47 heavy (non-hydrogen) atoms. The molecule has 0 aromatic heterocycles. The highest BCUT2D eigenvalue weighted by atomic mass is 16.6. The van der Waals surface area contributed by atoms with E-state index in [-0.39, 0.29) is 47.6 Å². The zero-order valence-electron chi connectivity index (χ0n) is 29.9. The average Bonchev–Trinajstić information content (AvgIpc) is 3.01. The molecule has 1 aliphatic rings. The molecule has 2 N–H and O–H groups in total. The first-order chi connectivity index (χ1) is 22.3. The number of ether oxygens (including phenoxy) is 5. The number of amides is 2. The van der Waals surface area contributed by atoms with Gasteiger partial charge in [-0.1, -0.05) is 45.1 Å². The lowest BCUT2D eigenvalue weighted by Crippen LogP contribution is -2.37. The predicted octanol–water partition coefficient (Wildman–Crippen LogP) is 5.69. The lowest BCUT2D eigenvalue weighted by Gasteiger charge is -2.33. The summed E-state index contributed by atoms with van der Waals surface area (Å²) in [6.45, 7) is 12.2. The molecule has 0 saturated carbocycles. The van der Waals surface area contributed by atoms with Crippen molar-refractivity contribution >= 4 is 23.7 Å².